The Labute approximate surface area is 147 Å². The number of aromatic nitrogens is 3. The van der Waals surface area contributed by atoms with Gasteiger partial charge in [0, 0.05) is 24.7 Å². The van der Waals surface area contributed by atoms with Gasteiger partial charge in [-0.3, -0.25) is 4.90 Å². The minimum absolute atomic E-state index is 0.230. The van der Waals surface area contributed by atoms with Gasteiger partial charge in [-0.1, -0.05) is 17.3 Å². The molecule has 1 N–H and O–H groups in total. The highest BCUT2D eigenvalue weighted by Crippen LogP contribution is 2.37. The first-order valence-electron chi connectivity index (χ1n) is 8.80. The van der Waals surface area contributed by atoms with Crippen molar-refractivity contribution in [3.8, 4) is 11.5 Å². The van der Waals surface area contributed by atoms with Crippen molar-refractivity contribution < 1.29 is 14.6 Å². The predicted molar refractivity (Wildman–Crippen MR) is 91.4 cm³/mol. The summed E-state index contributed by atoms with van der Waals surface area (Å²) < 4.78 is 12.8. The van der Waals surface area contributed by atoms with Crippen LogP contribution in [0.25, 0.3) is 0 Å². The summed E-state index contributed by atoms with van der Waals surface area (Å²) in [6, 6.07) is 6.18. The molecule has 0 aliphatic carbocycles. The van der Waals surface area contributed by atoms with E-state index in [9.17, 15) is 5.11 Å². The van der Waals surface area contributed by atoms with Crippen molar-refractivity contribution in [1.82, 2.24) is 19.9 Å². The maximum absolute atomic E-state index is 11.2. The lowest BCUT2D eigenvalue weighted by atomic mass is 9.89. The molecule has 1 aromatic carbocycles. The summed E-state index contributed by atoms with van der Waals surface area (Å²) in [6.07, 6.45) is 3.48. The summed E-state index contributed by atoms with van der Waals surface area (Å²) in [5.74, 6) is 1.62. The molecule has 0 saturated carbocycles. The molecule has 1 atom stereocenters. The van der Waals surface area contributed by atoms with E-state index in [1.165, 1.54) is 0 Å². The SMILES string of the molecule is CC(C)n1cc(C2(O)CCCN(Cc3cccc4c3OCO4)C2)nn1. The summed E-state index contributed by atoms with van der Waals surface area (Å²) in [7, 11) is 0. The number of fused-ring (bicyclic) bond motifs is 1. The quantitative estimate of drug-likeness (QED) is 0.915. The van der Waals surface area contributed by atoms with Crippen LogP contribution >= 0.6 is 0 Å². The van der Waals surface area contributed by atoms with Crippen LogP contribution in [0.15, 0.2) is 24.4 Å². The van der Waals surface area contributed by atoms with E-state index < -0.39 is 5.60 Å². The third-order valence-corrected chi connectivity index (χ3v) is 4.94. The Balaban J connectivity index is 1.52. The lowest BCUT2D eigenvalue weighted by Gasteiger charge is -2.38. The normalized spacial score (nSPS) is 23.4. The van der Waals surface area contributed by atoms with E-state index in [0.29, 0.717) is 25.2 Å². The van der Waals surface area contributed by atoms with Crippen LogP contribution in [-0.4, -0.2) is 44.9 Å². The van der Waals surface area contributed by atoms with Crippen molar-refractivity contribution in [2.24, 2.45) is 0 Å². The van der Waals surface area contributed by atoms with E-state index in [2.05, 4.69) is 21.3 Å². The van der Waals surface area contributed by atoms with Crippen LogP contribution in [0.4, 0.5) is 0 Å². The molecule has 0 amide bonds. The van der Waals surface area contributed by atoms with Gasteiger partial charge in [-0.05, 0) is 39.3 Å². The number of nitrogens with zero attached hydrogens (tertiary/aromatic N) is 4. The molecular formula is C18H24N4O3. The van der Waals surface area contributed by atoms with Gasteiger partial charge in [0.25, 0.3) is 0 Å². The number of piperidine rings is 1. The van der Waals surface area contributed by atoms with Gasteiger partial charge >= 0.3 is 0 Å². The van der Waals surface area contributed by atoms with Gasteiger partial charge in [0.1, 0.15) is 11.3 Å². The smallest absolute Gasteiger partial charge is 0.231 e. The van der Waals surface area contributed by atoms with Crippen molar-refractivity contribution in [2.75, 3.05) is 19.9 Å². The number of para-hydroxylation sites is 1. The standard InChI is InChI=1S/C18H24N4O3/c1-13(2)22-10-16(19-20-22)18(23)7-4-8-21(11-18)9-14-5-3-6-15-17(14)25-12-24-15/h3,5-6,10,13,23H,4,7-9,11-12H2,1-2H3. The first kappa shape index (κ1) is 16.4. The highest BCUT2D eigenvalue weighted by molar-refractivity contribution is 5.48. The van der Waals surface area contributed by atoms with Gasteiger partial charge < -0.3 is 14.6 Å². The van der Waals surface area contributed by atoms with Crippen LogP contribution in [0.3, 0.4) is 0 Å². The van der Waals surface area contributed by atoms with Crippen LogP contribution in [0.2, 0.25) is 0 Å². The van der Waals surface area contributed by atoms with Crippen LogP contribution in [0, 0.1) is 0 Å². The van der Waals surface area contributed by atoms with E-state index in [-0.39, 0.29) is 12.8 Å². The monoisotopic (exact) mass is 344 g/mol. The maximum atomic E-state index is 11.2. The van der Waals surface area contributed by atoms with Crippen molar-refractivity contribution >= 4 is 0 Å². The Morgan fingerprint density at radius 2 is 2.20 bits per heavy atom. The van der Waals surface area contributed by atoms with Crippen LogP contribution < -0.4 is 9.47 Å². The molecule has 1 unspecified atom stereocenters. The summed E-state index contributed by atoms with van der Waals surface area (Å²) in [4.78, 5) is 2.25. The number of likely N-dealkylation sites (tertiary alicyclic amines) is 1. The topological polar surface area (TPSA) is 72.6 Å². The second-order valence-corrected chi connectivity index (χ2v) is 7.17. The van der Waals surface area contributed by atoms with Crippen molar-refractivity contribution in [3.05, 3.63) is 35.7 Å². The van der Waals surface area contributed by atoms with Gasteiger partial charge in [0.2, 0.25) is 6.79 Å². The van der Waals surface area contributed by atoms with Crippen molar-refractivity contribution in [3.63, 3.8) is 0 Å². The summed E-state index contributed by atoms with van der Waals surface area (Å²) in [5.41, 5.74) is 0.787. The number of benzene rings is 1. The predicted octanol–water partition coefficient (Wildman–Crippen LogP) is 2.07. The fraction of sp³-hybridized carbons (Fsp3) is 0.556. The third-order valence-electron chi connectivity index (χ3n) is 4.94. The largest absolute Gasteiger partial charge is 0.454 e. The molecule has 7 heteroatoms. The molecule has 3 heterocycles. The molecule has 2 aliphatic heterocycles. The lowest BCUT2D eigenvalue weighted by Crippen LogP contribution is -2.46. The van der Waals surface area contributed by atoms with Crippen LogP contribution in [0.5, 0.6) is 11.5 Å². The zero-order valence-corrected chi connectivity index (χ0v) is 14.7. The van der Waals surface area contributed by atoms with Crippen LogP contribution in [0.1, 0.15) is 44.0 Å². The highest BCUT2D eigenvalue weighted by Gasteiger charge is 2.38. The lowest BCUT2D eigenvalue weighted by molar-refractivity contribution is -0.0416. The third kappa shape index (κ3) is 3.09. The van der Waals surface area contributed by atoms with Gasteiger partial charge in [-0.15, -0.1) is 5.10 Å². The first-order valence-corrected chi connectivity index (χ1v) is 8.80. The number of hydrogen-bond donors (Lipinski definition) is 1. The molecule has 134 valence electrons. The molecular weight excluding hydrogens is 320 g/mol. The Morgan fingerprint density at radius 3 is 3.00 bits per heavy atom. The van der Waals surface area contributed by atoms with Crippen molar-refractivity contribution in [2.45, 2.75) is 44.9 Å². The molecule has 1 saturated heterocycles. The van der Waals surface area contributed by atoms with E-state index in [0.717, 1.165) is 30.0 Å². The number of rotatable bonds is 4. The molecule has 0 radical (unpaired) electrons. The zero-order chi connectivity index (χ0) is 17.4. The van der Waals surface area contributed by atoms with Gasteiger partial charge in [0.05, 0.1) is 6.20 Å². The Morgan fingerprint density at radius 1 is 1.32 bits per heavy atom. The summed E-state index contributed by atoms with van der Waals surface area (Å²) in [5, 5.41) is 19.5. The van der Waals surface area contributed by atoms with Crippen molar-refractivity contribution in [1.29, 1.82) is 0 Å². The first-order chi connectivity index (χ1) is 12.0. The van der Waals surface area contributed by atoms with Gasteiger partial charge in [0.15, 0.2) is 11.5 Å². The molecule has 25 heavy (non-hydrogen) atoms. The molecule has 2 aromatic rings. The minimum atomic E-state index is -0.958. The van der Waals surface area contributed by atoms with Crippen LogP contribution in [-0.2, 0) is 12.1 Å². The second kappa shape index (κ2) is 6.31. The average Bonchev–Trinajstić information content (AvgIpc) is 3.25. The highest BCUT2D eigenvalue weighted by atomic mass is 16.7. The fourth-order valence-electron chi connectivity index (χ4n) is 3.57. The molecule has 1 aromatic heterocycles. The molecule has 2 aliphatic rings. The second-order valence-electron chi connectivity index (χ2n) is 7.17. The van der Waals surface area contributed by atoms with Gasteiger partial charge in [-0.2, -0.15) is 0 Å². The Kier molecular flexibility index (Phi) is 4.13. The van der Waals surface area contributed by atoms with E-state index >= 15 is 0 Å². The maximum Gasteiger partial charge on any atom is 0.231 e. The number of aliphatic hydroxyl groups is 1. The Hall–Kier alpha value is -2.12. The molecule has 1 fully saturated rings. The Bertz CT molecular complexity index is 761. The van der Waals surface area contributed by atoms with E-state index in [1.807, 2.05) is 32.2 Å². The summed E-state index contributed by atoms with van der Waals surface area (Å²) in [6.45, 7) is 6.56. The summed E-state index contributed by atoms with van der Waals surface area (Å²) >= 11 is 0. The zero-order valence-electron chi connectivity index (χ0n) is 14.7. The minimum Gasteiger partial charge on any atom is -0.454 e. The average molecular weight is 344 g/mol. The molecule has 7 nitrogen and oxygen atoms in total. The molecule has 4 rings (SSSR count). The van der Waals surface area contributed by atoms with E-state index in [1.54, 1.807) is 4.68 Å². The van der Waals surface area contributed by atoms with E-state index in [4.69, 9.17) is 9.47 Å². The number of β-amino-alcohol motifs (C(OH)–C–C–N with tert-alkyl or cyclic N) is 1. The molecule has 0 bridgehead atoms. The van der Waals surface area contributed by atoms with Gasteiger partial charge in [-0.25, -0.2) is 4.68 Å². The molecule has 0 spiro atoms. The number of hydrogen-bond acceptors (Lipinski definition) is 6. The fourth-order valence-corrected chi connectivity index (χ4v) is 3.57. The number of ether oxygens (including phenoxy) is 2.